The van der Waals surface area contributed by atoms with Crippen LogP contribution in [0.1, 0.15) is 6.92 Å². The number of para-hydroxylation sites is 1. The lowest BCUT2D eigenvalue weighted by molar-refractivity contribution is -0.114. The van der Waals surface area contributed by atoms with Crippen LogP contribution in [0.3, 0.4) is 0 Å². The number of ether oxygens (including phenoxy) is 1. The molecule has 0 heterocycles. The zero-order chi connectivity index (χ0) is 8.97. The summed E-state index contributed by atoms with van der Waals surface area (Å²) in [6.45, 7) is 1.44. The molecule has 1 N–H and O–H groups in total. The molecule has 3 heteroatoms. The molecule has 63 valence electrons. The first-order chi connectivity index (χ1) is 5.74. The van der Waals surface area contributed by atoms with E-state index < -0.39 is 0 Å². The van der Waals surface area contributed by atoms with Gasteiger partial charge in [-0.25, -0.2) is 0 Å². The molecule has 0 aliphatic carbocycles. The first-order valence-corrected chi connectivity index (χ1v) is 3.56. The molecule has 0 unspecified atom stereocenters. The van der Waals surface area contributed by atoms with Crippen molar-refractivity contribution < 1.29 is 9.53 Å². The lowest BCUT2D eigenvalue weighted by Crippen LogP contribution is -2.06. The summed E-state index contributed by atoms with van der Waals surface area (Å²) >= 11 is 0. The molecule has 1 aromatic carbocycles. The molecule has 0 aliphatic heterocycles. The highest BCUT2D eigenvalue weighted by molar-refractivity contribution is 5.90. The maximum atomic E-state index is 10.7. The molecule has 0 spiro atoms. The molecule has 1 amide bonds. The van der Waals surface area contributed by atoms with E-state index >= 15 is 0 Å². The molecule has 3 nitrogen and oxygen atoms in total. The van der Waals surface area contributed by atoms with Gasteiger partial charge in [0.05, 0.1) is 12.8 Å². The largest absolute Gasteiger partial charge is 0.495 e. The lowest BCUT2D eigenvalue weighted by Gasteiger charge is -2.06. The highest BCUT2D eigenvalue weighted by Gasteiger charge is 2.01. The van der Waals surface area contributed by atoms with Gasteiger partial charge in [-0.3, -0.25) is 4.79 Å². The van der Waals surface area contributed by atoms with Gasteiger partial charge in [0, 0.05) is 13.0 Å². The Hall–Kier alpha value is -1.51. The fourth-order valence-electron chi connectivity index (χ4n) is 0.865. The summed E-state index contributed by atoms with van der Waals surface area (Å²) in [6.07, 6.45) is 0. The summed E-state index contributed by atoms with van der Waals surface area (Å²) in [4.78, 5) is 10.7. The monoisotopic (exact) mass is 164 g/mol. The normalized spacial score (nSPS) is 9.17. The van der Waals surface area contributed by atoms with Gasteiger partial charge in [0.15, 0.2) is 0 Å². The van der Waals surface area contributed by atoms with E-state index in [2.05, 4.69) is 11.4 Å². The number of nitrogens with one attached hydrogen (secondary N) is 1. The Kier molecular flexibility index (Phi) is 2.69. The van der Waals surface area contributed by atoms with E-state index in [4.69, 9.17) is 4.74 Å². The Morgan fingerprint density at radius 3 is 3.00 bits per heavy atom. The molecule has 1 radical (unpaired) electrons. The highest BCUT2D eigenvalue weighted by atomic mass is 16.5. The second kappa shape index (κ2) is 3.76. The van der Waals surface area contributed by atoms with E-state index in [9.17, 15) is 4.79 Å². The number of anilines is 1. The number of rotatable bonds is 2. The SMILES string of the molecule is COc1ccc[c]c1NC(C)=O. The van der Waals surface area contributed by atoms with Crippen LogP contribution >= 0.6 is 0 Å². The molecule has 1 aromatic rings. The fourth-order valence-corrected chi connectivity index (χ4v) is 0.865. The van der Waals surface area contributed by atoms with Crippen molar-refractivity contribution in [2.45, 2.75) is 6.92 Å². The molecule has 0 aliphatic rings. The van der Waals surface area contributed by atoms with E-state index in [0.717, 1.165) is 0 Å². The number of carbonyl (C=O) groups excluding carboxylic acids is 1. The second-order valence-corrected chi connectivity index (χ2v) is 2.29. The van der Waals surface area contributed by atoms with Gasteiger partial charge in [-0.05, 0) is 6.07 Å². The second-order valence-electron chi connectivity index (χ2n) is 2.29. The summed E-state index contributed by atoms with van der Waals surface area (Å²) in [7, 11) is 1.55. The number of hydrogen-bond acceptors (Lipinski definition) is 2. The van der Waals surface area contributed by atoms with Crippen LogP contribution in [0, 0.1) is 6.07 Å². The van der Waals surface area contributed by atoms with Crippen LogP contribution in [0.25, 0.3) is 0 Å². The maximum absolute atomic E-state index is 10.7. The van der Waals surface area contributed by atoms with E-state index in [0.29, 0.717) is 11.4 Å². The fraction of sp³-hybridized carbons (Fsp3) is 0.222. The van der Waals surface area contributed by atoms with E-state index in [1.54, 1.807) is 25.3 Å². The van der Waals surface area contributed by atoms with E-state index in [1.807, 2.05) is 0 Å². The van der Waals surface area contributed by atoms with Gasteiger partial charge >= 0.3 is 0 Å². The average Bonchev–Trinajstić information content (AvgIpc) is 2.04. The molecule has 0 fully saturated rings. The zero-order valence-corrected chi connectivity index (χ0v) is 7.05. The van der Waals surface area contributed by atoms with Crippen molar-refractivity contribution in [1.29, 1.82) is 0 Å². The summed E-state index contributed by atoms with van der Waals surface area (Å²) in [5, 5.41) is 2.60. The Bertz CT molecular complexity index is 284. The average molecular weight is 164 g/mol. The van der Waals surface area contributed by atoms with Crippen LogP contribution in [-0.4, -0.2) is 13.0 Å². The summed E-state index contributed by atoms with van der Waals surface area (Å²) in [5.41, 5.74) is 0.576. The third-order valence-electron chi connectivity index (χ3n) is 1.34. The third kappa shape index (κ3) is 1.99. The highest BCUT2D eigenvalue weighted by Crippen LogP contribution is 2.21. The molecular weight excluding hydrogens is 154 g/mol. The van der Waals surface area contributed by atoms with Crippen LogP contribution in [0.2, 0.25) is 0 Å². The van der Waals surface area contributed by atoms with Gasteiger partial charge in [-0.1, -0.05) is 12.1 Å². The Morgan fingerprint density at radius 2 is 2.42 bits per heavy atom. The topological polar surface area (TPSA) is 38.3 Å². The van der Waals surface area contributed by atoms with Gasteiger partial charge in [0.1, 0.15) is 5.75 Å². The molecule has 0 saturated carbocycles. The van der Waals surface area contributed by atoms with E-state index in [-0.39, 0.29) is 5.91 Å². The maximum Gasteiger partial charge on any atom is 0.221 e. The predicted molar refractivity (Wildman–Crippen MR) is 46.1 cm³/mol. The number of hydrogen-bond donors (Lipinski definition) is 1. The molecule has 0 saturated heterocycles. The molecule has 1 rings (SSSR count). The van der Waals surface area contributed by atoms with Crippen molar-refractivity contribution in [2.75, 3.05) is 12.4 Å². The summed E-state index contributed by atoms with van der Waals surface area (Å²) < 4.78 is 5.00. The van der Waals surface area contributed by atoms with Crippen LogP contribution in [0.15, 0.2) is 18.2 Å². The first kappa shape index (κ1) is 8.59. The van der Waals surface area contributed by atoms with Crippen molar-refractivity contribution in [2.24, 2.45) is 0 Å². The van der Waals surface area contributed by atoms with Gasteiger partial charge < -0.3 is 10.1 Å². The summed E-state index contributed by atoms with van der Waals surface area (Å²) in [6, 6.07) is 8.14. The number of methoxy groups -OCH3 is 1. The van der Waals surface area contributed by atoms with Crippen LogP contribution in [0.5, 0.6) is 5.75 Å². The Labute approximate surface area is 71.4 Å². The van der Waals surface area contributed by atoms with Gasteiger partial charge in [-0.2, -0.15) is 0 Å². The standard InChI is InChI=1S/C9H10NO2/c1-7(11)10-8-5-3-4-6-9(8)12-2/h3-4,6H,1-2H3,(H,10,11). The zero-order valence-electron chi connectivity index (χ0n) is 7.05. The van der Waals surface area contributed by atoms with Crippen molar-refractivity contribution in [1.82, 2.24) is 0 Å². The molecule has 12 heavy (non-hydrogen) atoms. The minimum absolute atomic E-state index is 0.129. The minimum Gasteiger partial charge on any atom is -0.495 e. The summed E-state index contributed by atoms with van der Waals surface area (Å²) in [5.74, 6) is 0.489. The Balaban J connectivity index is 2.89. The van der Waals surface area contributed by atoms with Crippen molar-refractivity contribution in [3.63, 3.8) is 0 Å². The van der Waals surface area contributed by atoms with E-state index in [1.165, 1.54) is 6.92 Å². The van der Waals surface area contributed by atoms with Gasteiger partial charge in [0.25, 0.3) is 0 Å². The molecule has 0 bridgehead atoms. The van der Waals surface area contributed by atoms with Crippen LogP contribution in [-0.2, 0) is 4.79 Å². The van der Waals surface area contributed by atoms with Gasteiger partial charge in [0.2, 0.25) is 5.91 Å². The van der Waals surface area contributed by atoms with Crippen molar-refractivity contribution in [3.8, 4) is 5.75 Å². The quantitative estimate of drug-likeness (QED) is 0.718. The van der Waals surface area contributed by atoms with Crippen LogP contribution < -0.4 is 10.1 Å². The van der Waals surface area contributed by atoms with Crippen molar-refractivity contribution in [3.05, 3.63) is 24.3 Å². The number of carbonyl (C=O) groups is 1. The molecule has 0 aromatic heterocycles. The molecular formula is C9H10NO2. The van der Waals surface area contributed by atoms with Crippen LogP contribution in [0.4, 0.5) is 5.69 Å². The van der Waals surface area contributed by atoms with Crippen molar-refractivity contribution >= 4 is 11.6 Å². The number of benzene rings is 1. The Morgan fingerprint density at radius 1 is 1.67 bits per heavy atom. The minimum atomic E-state index is -0.129. The molecule has 0 atom stereocenters. The van der Waals surface area contributed by atoms with Gasteiger partial charge in [-0.15, -0.1) is 0 Å². The smallest absolute Gasteiger partial charge is 0.221 e. The first-order valence-electron chi connectivity index (χ1n) is 3.56. The number of amides is 1. The third-order valence-corrected chi connectivity index (χ3v) is 1.34. The predicted octanol–water partition coefficient (Wildman–Crippen LogP) is 1.45. The lowest BCUT2D eigenvalue weighted by atomic mass is 10.3.